The van der Waals surface area contributed by atoms with Crippen LogP contribution in [0.2, 0.25) is 0 Å². The number of hydrogen-bond acceptors (Lipinski definition) is 5. The second-order valence-electron chi connectivity index (χ2n) is 6.31. The summed E-state index contributed by atoms with van der Waals surface area (Å²) in [4.78, 5) is 16.7. The summed E-state index contributed by atoms with van der Waals surface area (Å²) in [5, 5.41) is 7.18. The van der Waals surface area contributed by atoms with Gasteiger partial charge in [0, 0.05) is 26.3 Å². The third-order valence-electron chi connectivity index (χ3n) is 4.50. The Balaban J connectivity index is 1.43. The van der Waals surface area contributed by atoms with E-state index in [4.69, 9.17) is 9.15 Å². The Morgan fingerprint density at radius 3 is 3.04 bits per heavy atom. The normalized spacial score (nSPS) is 24.0. The molecule has 0 aromatic carbocycles. The van der Waals surface area contributed by atoms with Crippen LogP contribution in [0, 0.1) is 5.92 Å². The van der Waals surface area contributed by atoms with Gasteiger partial charge in [-0.3, -0.25) is 9.48 Å². The number of nitrogens with one attached hydrogen (secondary N) is 1. The monoisotopic (exact) mass is 316 g/mol. The first kappa shape index (κ1) is 14.4. The Kier molecular flexibility index (Phi) is 3.65. The molecule has 2 aromatic rings. The summed E-state index contributed by atoms with van der Waals surface area (Å²) in [6.45, 7) is 0.618. The summed E-state index contributed by atoms with van der Waals surface area (Å²) >= 11 is 0. The van der Waals surface area contributed by atoms with Crippen LogP contribution in [0.5, 0.6) is 0 Å². The van der Waals surface area contributed by atoms with E-state index >= 15 is 0 Å². The van der Waals surface area contributed by atoms with Crippen LogP contribution in [-0.2, 0) is 18.2 Å². The zero-order valence-corrected chi connectivity index (χ0v) is 13.1. The number of nitrogens with zero attached hydrogens (tertiary/aromatic N) is 3. The molecule has 3 heterocycles. The van der Waals surface area contributed by atoms with Gasteiger partial charge in [0.2, 0.25) is 0 Å². The molecule has 1 saturated carbocycles. The van der Waals surface area contributed by atoms with Crippen molar-refractivity contribution in [2.75, 3.05) is 6.61 Å². The van der Waals surface area contributed by atoms with Crippen LogP contribution in [0.1, 0.15) is 47.4 Å². The second kappa shape index (κ2) is 5.81. The van der Waals surface area contributed by atoms with Crippen LogP contribution in [0.3, 0.4) is 0 Å². The molecule has 7 nitrogen and oxygen atoms in total. The highest BCUT2D eigenvalue weighted by Gasteiger charge is 2.33. The van der Waals surface area contributed by atoms with E-state index in [1.165, 1.54) is 19.1 Å². The molecule has 1 amide bonds. The van der Waals surface area contributed by atoms with Crippen LogP contribution in [0.15, 0.2) is 22.9 Å². The van der Waals surface area contributed by atoms with Gasteiger partial charge in [-0.25, -0.2) is 4.98 Å². The zero-order valence-electron chi connectivity index (χ0n) is 13.1. The van der Waals surface area contributed by atoms with Gasteiger partial charge in [-0.2, -0.15) is 5.10 Å². The number of carbonyl (C=O) groups excluding carboxylic acids is 1. The molecular formula is C16H20N4O3. The molecule has 23 heavy (non-hydrogen) atoms. The van der Waals surface area contributed by atoms with Gasteiger partial charge in [-0.15, -0.1) is 0 Å². The molecule has 2 aliphatic rings. The minimum Gasteiger partial charge on any atom is -0.448 e. The average Bonchev–Trinajstić information content (AvgIpc) is 2.92. The largest absolute Gasteiger partial charge is 0.448 e. The van der Waals surface area contributed by atoms with E-state index in [0.29, 0.717) is 24.1 Å². The van der Waals surface area contributed by atoms with Gasteiger partial charge < -0.3 is 14.5 Å². The van der Waals surface area contributed by atoms with Crippen molar-refractivity contribution in [1.29, 1.82) is 0 Å². The van der Waals surface area contributed by atoms with Crippen molar-refractivity contribution >= 4 is 5.91 Å². The summed E-state index contributed by atoms with van der Waals surface area (Å²) in [5.74, 6) is 1.13. The summed E-state index contributed by atoms with van der Waals surface area (Å²) in [6.07, 6.45) is 7.07. The second-order valence-corrected chi connectivity index (χ2v) is 6.31. The lowest BCUT2D eigenvalue weighted by Crippen LogP contribution is -2.37. The van der Waals surface area contributed by atoms with Crippen molar-refractivity contribution < 1.29 is 13.9 Å². The molecule has 7 heteroatoms. The Bertz CT molecular complexity index is 704. The fourth-order valence-corrected chi connectivity index (χ4v) is 3.01. The van der Waals surface area contributed by atoms with Gasteiger partial charge in [0.25, 0.3) is 5.91 Å². The minimum atomic E-state index is -0.210. The van der Waals surface area contributed by atoms with Gasteiger partial charge in [0.1, 0.15) is 12.4 Å². The van der Waals surface area contributed by atoms with E-state index in [0.717, 1.165) is 18.5 Å². The van der Waals surface area contributed by atoms with Crippen LogP contribution < -0.4 is 5.32 Å². The van der Waals surface area contributed by atoms with Crippen molar-refractivity contribution in [2.45, 2.75) is 37.8 Å². The first-order valence-corrected chi connectivity index (χ1v) is 8.05. The molecule has 122 valence electrons. The number of oxazole rings is 1. The highest BCUT2D eigenvalue weighted by atomic mass is 16.5. The average molecular weight is 316 g/mol. The number of aromatic nitrogens is 3. The van der Waals surface area contributed by atoms with Crippen LogP contribution in [-0.4, -0.2) is 33.3 Å². The molecule has 1 aliphatic carbocycles. The van der Waals surface area contributed by atoms with Crippen molar-refractivity contribution in [3.05, 3.63) is 35.8 Å². The van der Waals surface area contributed by atoms with Crippen molar-refractivity contribution in [1.82, 2.24) is 20.1 Å². The van der Waals surface area contributed by atoms with Gasteiger partial charge in [0.05, 0.1) is 11.7 Å². The summed E-state index contributed by atoms with van der Waals surface area (Å²) in [7, 11) is 1.87. The SMILES string of the molecule is Cn1nccc1[C@H]1OCC[C@@H]1NC(=O)c1coc(CC2CC2)n1. The lowest BCUT2D eigenvalue weighted by atomic mass is 10.1. The van der Waals surface area contributed by atoms with Gasteiger partial charge in [0.15, 0.2) is 11.6 Å². The topological polar surface area (TPSA) is 82.2 Å². The first-order valence-electron chi connectivity index (χ1n) is 8.05. The quantitative estimate of drug-likeness (QED) is 0.906. The molecule has 1 aliphatic heterocycles. The Labute approximate surface area is 134 Å². The number of rotatable bonds is 5. The molecule has 0 bridgehead atoms. The Morgan fingerprint density at radius 1 is 1.43 bits per heavy atom. The minimum absolute atomic E-state index is 0.0820. The molecule has 0 spiro atoms. The van der Waals surface area contributed by atoms with Crippen LogP contribution in [0.25, 0.3) is 0 Å². The van der Waals surface area contributed by atoms with Gasteiger partial charge in [-0.1, -0.05) is 0 Å². The molecule has 0 unspecified atom stereocenters. The summed E-state index contributed by atoms with van der Waals surface area (Å²) in [6, 6.07) is 1.83. The number of aryl methyl sites for hydroxylation is 1. The molecule has 2 fully saturated rings. The van der Waals surface area contributed by atoms with Crippen LogP contribution in [0.4, 0.5) is 0 Å². The van der Waals surface area contributed by atoms with E-state index in [-0.39, 0.29) is 18.1 Å². The maximum Gasteiger partial charge on any atom is 0.273 e. The highest BCUT2D eigenvalue weighted by Crippen LogP contribution is 2.32. The van der Waals surface area contributed by atoms with Crippen molar-refractivity contribution in [3.8, 4) is 0 Å². The van der Waals surface area contributed by atoms with E-state index in [9.17, 15) is 4.79 Å². The number of amides is 1. The van der Waals surface area contributed by atoms with Gasteiger partial charge >= 0.3 is 0 Å². The smallest absolute Gasteiger partial charge is 0.273 e. The van der Waals surface area contributed by atoms with Crippen molar-refractivity contribution in [3.63, 3.8) is 0 Å². The maximum absolute atomic E-state index is 12.4. The first-order chi connectivity index (χ1) is 11.2. The molecule has 2 aromatic heterocycles. The summed E-state index contributed by atoms with van der Waals surface area (Å²) < 4.78 is 13.0. The Hall–Kier alpha value is -2.15. The van der Waals surface area contributed by atoms with Gasteiger partial charge in [-0.05, 0) is 31.2 Å². The van der Waals surface area contributed by atoms with E-state index < -0.39 is 0 Å². The van der Waals surface area contributed by atoms with E-state index in [1.807, 2.05) is 13.1 Å². The lowest BCUT2D eigenvalue weighted by Gasteiger charge is -2.19. The van der Waals surface area contributed by atoms with Crippen molar-refractivity contribution in [2.24, 2.45) is 13.0 Å². The fourth-order valence-electron chi connectivity index (χ4n) is 3.01. The Morgan fingerprint density at radius 2 is 2.30 bits per heavy atom. The van der Waals surface area contributed by atoms with Crippen LogP contribution >= 0.6 is 0 Å². The maximum atomic E-state index is 12.4. The van der Waals surface area contributed by atoms with E-state index in [2.05, 4.69) is 15.4 Å². The molecular weight excluding hydrogens is 296 g/mol. The molecule has 1 saturated heterocycles. The lowest BCUT2D eigenvalue weighted by molar-refractivity contribution is 0.0789. The third-order valence-corrected chi connectivity index (χ3v) is 4.50. The molecule has 2 atom stereocenters. The molecule has 0 radical (unpaired) electrons. The standard InChI is InChI=1S/C16H20N4O3/c1-20-13(4-6-17-20)15-11(5-7-22-15)19-16(21)12-9-23-14(18-12)8-10-2-3-10/h4,6,9-11,15H,2-3,5,7-8H2,1H3,(H,19,21)/t11-,15-/m0/s1. The number of carbonyl (C=O) groups is 1. The predicted octanol–water partition coefficient (Wildman–Crippen LogP) is 1.62. The third kappa shape index (κ3) is 3.01. The molecule has 1 N–H and O–H groups in total. The number of ether oxygens (including phenoxy) is 1. The fraction of sp³-hybridized carbons (Fsp3) is 0.562. The number of hydrogen-bond donors (Lipinski definition) is 1. The zero-order chi connectivity index (χ0) is 15.8. The molecule has 4 rings (SSSR count). The van der Waals surface area contributed by atoms with E-state index in [1.54, 1.807) is 10.9 Å². The predicted molar refractivity (Wildman–Crippen MR) is 80.7 cm³/mol. The summed E-state index contributed by atoms with van der Waals surface area (Å²) in [5.41, 5.74) is 1.30. The highest BCUT2D eigenvalue weighted by molar-refractivity contribution is 5.92.